The molecule has 1 aromatic carbocycles. The van der Waals surface area contributed by atoms with Crippen LogP contribution in [-0.2, 0) is 11.3 Å². The molecule has 1 fully saturated rings. The van der Waals surface area contributed by atoms with E-state index in [1.165, 1.54) is 10.2 Å². The van der Waals surface area contributed by atoms with Gasteiger partial charge < -0.3 is 5.32 Å². The minimum atomic E-state index is -0.241. The summed E-state index contributed by atoms with van der Waals surface area (Å²) in [7, 11) is 0. The number of amides is 1. The Bertz CT molecular complexity index is 1220. The first-order valence-corrected chi connectivity index (χ1v) is 9.80. The van der Waals surface area contributed by atoms with E-state index < -0.39 is 0 Å². The number of benzene rings is 1. The fourth-order valence-electron chi connectivity index (χ4n) is 3.75. The lowest BCUT2D eigenvalue weighted by molar-refractivity contribution is -0.122. The highest BCUT2D eigenvalue weighted by atomic mass is 32.1. The molecule has 0 aliphatic heterocycles. The van der Waals surface area contributed by atoms with E-state index in [0.717, 1.165) is 16.6 Å². The number of aryl methyl sites for hydroxylation is 1. The van der Waals surface area contributed by atoms with Gasteiger partial charge in [0.1, 0.15) is 17.9 Å². The lowest BCUT2D eigenvalue weighted by atomic mass is 10.1. The van der Waals surface area contributed by atoms with Gasteiger partial charge in [0.2, 0.25) is 5.91 Å². The Balaban J connectivity index is 1.36. The van der Waals surface area contributed by atoms with Crippen LogP contribution in [-0.4, -0.2) is 26.1 Å². The number of thiophene rings is 1. The van der Waals surface area contributed by atoms with Gasteiger partial charge >= 0.3 is 0 Å². The van der Waals surface area contributed by atoms with Crippen molar-refractivity contribution in [2.45, 2.75) is 31.8 Å². The standard InChI is InChI=1S/C20H18N4O2S/c1-12-22-23(20(26)17-10-18-16(24(12)17)7-8-27-18)11-19(25)21-15-9-14(15)13-5-3-2-4-6-13/h2-8,10,14-15H,9,11H2,1H3,(H,21,25)/t14-,15-/m0/s1. The van der Waals surface area contributed by atoms with Gasteiger partial charge in [0.15, 0.2) is 0 Å². The molecule has 0 bridgehead atoms. The van der Waals surface area contributed by atoms with Crippen LogP contribution >= 0.6 is 11.3 Å². The van der Waals surface area contributed by atoms with Gasteiger partial charge in [-0.25, -0.2) is 4.68 Å². The van der Waals surface area contributed by atoms with E-state index in [2.05, 4.69) is 22.5 Å². The van der Waals surface area contributed by atoms with E-state index in [0.29, 0.717) is 17.3 Å². The van der Waals surface area contributed by atoms with Crippen LogP contribution in [0.3, 0.4) is 0 Å². The maximum atomic E-state index is 12.8. The molecule has 5 rings (SSSR count). The van der Waals surface area contributed by atoms with E-state index in [1.54, 1.807) is 11.3 Å². The summed E-state index contributed by atoms with van der Waals surface area (Å²) in [5.41, 5.74) is 2.54. The highest BCUT2D eigenvalue weighted by Gasteiger charge is 2.39. The number of carbonyl (C=O) groups excluding carboxylic acids is 1. The maximum Gasteiger partial charge on any atom is 0.291 e. The van der Waals surface area contributed by atoms with Gasteiger partial charge in [-0.3, -0.25) is 14.0 Å². The summed E-state index contributed by atoms with van der Waals surface area (Å²) in [6.07, 6.45) is 0.936. The molecular formula is C20H18N4O2S. The summed E-state index contributed by atoms with van der Waals surface area (Å²) < 4.78 is 4.17. The van der Waals surface area contributed by atoms with Crippen molar-refractivity contribution in [2.75, 3.05) is 0 Å². The van der Waals surface area contributed by atoms with Crippen LogP contribution in [0.15, 0.2) is 52.6 Å². The van der Waals surface area contributed by atoms with E-state index in [-0.39, 0.29) is 24.1 Å². The second-order valence-electron chi connectivity index (χ2n) is 6.97. The van der Waals surface area contributed by atoms with E-state index >= 15 is 0 Å². The third kappa shape index (κ3) is 2.75. The second kappa shape index (κ2) is 6.06. The molecule has 3 aromatic heterocycles. The highest BCUT2D eigenvalue weighted by Crippen LogP contribution is 2.40. The van der Waals surface area contributed by atoms with Crippen molar-refractivity contribution in [1.29, 1.82) is 0 Å². The fourth-order valence-corrected chi connectivity index (χ4v) is 4.55. The van der Waals surface area contributed by atoms with Crippen LogP contribution in [0, 0.1) is 6.92 Å². The number of carbonyl (C=O) groups is 1. The molecule has 7 heteroatoms. The number of nitrogens with zero attached hydrogens (tertiary/aromatic N) is 3. The zero-order valence-electron chi connectivity index (χ0n) is 14.8. The molecule has 0 radical (unpaired) electrons. The molecular weight excluding hydrogens is 360 g/mol. The first kappa shape index (κ1) is 16.3. The minimum Gasteiger partial charge on any atom is -0.351 e. The predicted octanol–water partition coefficient (Wildman–Crippen LogP) is 2.69. The van der Waals surface area contributed by atoms with E-state index in [4.69, 9.17) is 0 Å². The van der Waals surface area contributed by atoms with Crippen LogP contribution < -0.4 is 10.9 Å². The second-order valence-corrected chi connectivity index (χ2v) is 7.92. The lowest BCUT2D eigenvalue weighted by Crippen LogP contribution is -2.36. The van der Waals surface area contributed by atoms with Gasteiger partial charge in [-0.1, -0.05) is 30.3 Å². The van der Waals surface area contributed by atoms with Gasteiger partial charge in [0.05, 0.1) is 10.2 Å². The third-order valence-electron chi connectivity index (χ3n) is 5.12. The van der Waals surface area contributed by atoms with Crippen molar-refractivity contribution >= 4 is 33.0 Å². The monoisotopic (exact) mass is 378 g/mol. The zero-order chi connectivity index (χ0) is 18.5. The van der Waals surface area contributed by atoms with E-state index in [9.17, 15) is 9.59 Å². The Morgan fingerprint density at radius 3 is 2.89 bits per heavy atom. The summed E-state index contributed by atoms with van der Waals surface area (Å²) in [5, 5.41) is 9.38. The number of hydrogen-bond acceptors (Lipinski definition) is 4. The molecule has 1 aliphatic rings. The average molecular weight is 378 g/mol. The van der Waals surface area contributed by atoms with Crippen LogP contribution in [0.1, 0.15) is 23.7 Å². The summed E-state index contributed by atoms with van der Waals surface area (Å²) in [6.45, 7) is 1.79. The number of fused-ring (bicyclic) bond motifs is 3. The molecule has 1 aliphatic carbocycles. The minimum absolute atomic E-state index is 0.0625. The summed E-state index contributed by atoms with van der Waals surface area (Å²) in [6, 6.07) is 14.2. The average Bonchev–Trinajstić information content (AvgIpc) is 3.09. The van der Waals surface area contributed by atoms with Gasteiger partial charge in [-0.2, -0.15) is 5.10 Å². The normalized spacial score (nSPS) is 18.9. The van der Waals surface area contributed by atoms with Gasteiger partial charge in [0.25, 0.3) is 5.56 Å². The Morgan fingerprint density at radius 1 is 1.26 bits per heavy atom. The summed E-state index contributed by atoms with van der Waals surface area (Å²) >= 11 is 1.59. The molecule has 27 heavy (non-hydrogen) atoms. The van der Waals surface area contributed by atoms with E-state index in [1.807, 2.05) is 47.0 Å². The van der Waals surface area contributed by atoms with Crippen molar-refractivity contribution in [1.82, 2.24) is 19.5 Å². The van der Waals surface area contributed by atoms with Crippen molar-refractivity contribution in [3.05, 3.63) is 69.6 Å². The smallest absolute Gasteiger partial charge is 0.291 e. The molecule has 1 N–H and O–H groups in total. The molecule has 0 saturated heterocycles. The first-order chi connectivity index (χ1) is 13.1. The van der Waals surface area contributed by atoms with Crippen LogP contribution in [0.25, 0.3) is 15.7 Å². The fraction of sp³-hybridized carbons (Fsp3) is 0.250. The first-order valence-electron chi connectivity index (χ1n) is 8.92. The summed E-state index contributed by atoms with van der Waals surface area (Å²) in [4.78, 5) is 25.2. The van der Waals surface area contributed by atoms with Crippen LogP contribution in [0.5, 0.6) is 0 Å². The molecule has 6 nitrogen and oxygen atoms in total. The van der Waals surface area contributed by atoms with Crippen molar-refractivity contribution < 1.29 is 4.79 Å². The van der Waals surface area contributed by atoms with Crippen molar-refractivity contribution in [3.8, 4) is 0 Å². The SMILES string of the molecule is Cc1nn(CC(=O)N[C@H]2C[C@H]2c2ccccc2)c(=O)c2cc3sccc3n12. The predicted molar refractivity (Wildman–Crippen MR) is 105 cm³/mol. The Kier molecular flexibility index (Phi) is 3.65. The molecule has 136 valence electrons. The third-order valence-corrected chi connectivity index (χ3v) is 5.98. The number of nitrogens with one attached hydrogen (secondary N) is 1. The lowest BCUT2D eigenvalue weighted by Gasteiger charge is -2.09. The van der Waals surface area contributed by atoms with Crippen molar-refractivity contribution in [2.24, 2.45) is 0 Å². The quantitative estimate of drug-likeness (QED) is 0.594. The molecule has 3 heterocycles. The topological polar surface area (TPSA) is 68.4 Å². The molecule has 4 aromatic rings. The van der Waals surface area contributed by atoms with Crippen molar-refractivity contribution in [3.63, 3.8) is 0 Å². The number of hydrogen-bond donors (Lipinski definition) is 1. The number of aromatic nitrogens is 3. The van der Waals surface area contributed by atoms with Crippen LogP contribution in [0.2, 0.25) is 0 Å². The maximum absolute atomic E-state index is 12.8. The Hall–Kier alpha value is -2.93. The van der Waals surface area contributed by atoms with Gasteiger partial charge in [-0.15, -0.1) is 11.3 Å². The van der Waals surface area contributed by atoms with Gasteiger partial charge in [-0.05, 0) is 36.4 Å². The van der Waals surface area contributed by atoms with Gasteiger partial charge in [0, 0.05) is 12.0 Å². The zero-order valence-corrected chi connectivity index (χ0v) is 15.6. The molecule has 1 saturated carbocycles. The number of rotatable bonds is 4. The molecule has 0 spiro atoms. The Morgan fingerprint density at radius 2 is 2.07 bits per heavy atom. The summed E-state index contributed by atoms with van der Waals surface area (Å²) in [5.74, 6) is 0.881. The Labute approximate surface area is 159 Å². The molecule has 0 unspecified atom stereocenters. The van der Waals surface area contributed by atoms with Crippen LogP contribution in [0.4, 0.5) is 0 Å². The highest BCUT2D eigenvalue weighted by molar-refractivity contribution is 7.17. The molecule has 2 atom stereocenters. The largest absolute Gasteiger partial charge is 0.351 e. The molecule has 1 amide bonds.